The van der Waals surface area contributed by atoms with Gasteiger partial charge in [0.05, 0.1) is 22.5 Å². The Morgan fingerprint density at radius 1 is 0.604 bits per heavy atom. The fourth-order valence-electron chi connectivity index (χ4n) is 7.33. The van der Waals surface area contributed by atoms with E-state index < -0.39 is 0 Å². The molecule has 2 amide bonds. The second kappa shape index (κ2) is 15.0. The van der Waals surface area contributed by atoms with Crippen LogP contribution < -0.4 is 9.80 Å². The first-order valence-electron chi connectivity index (χ1n) is 18.1. The summed E-state index contributed by atoms with van der Waals surface area (Å²) in [6.07, 6.45) is 8.83. The number of hydrogen-bond donors (Lipinski definition) is 0. The van der Waals surface area contributed by atoms with E-state index in [1.54, 1.807) is 22.7 Å². The van der Waals surface area contributed by atoms with Gasteiger partial charge in [-0.15, -0.1) is 22.7 Å². The van der Waals surface area contributed by atoms with Crippen LogP contribution in [0.2, 0.25) is 0 Å². The van der Waals surface area contributed by atoms with Gasteiger partial charge in [-0.3, -0.25) is 9.59 Å². The molecule has 252 valence electrons. The van der Waals surface area contributed by atoms with Crippen molar-refractivity contribution in [1.82, 2.24) is 0 Å². The third kappa shape index (κ3) is 6.71. The lowest BCUT2D eigenvalue weighted by Gasteiger charge is -2.24. The van der Waals surface area contributed by atoms with Crippen LogP contribution in [0.25, 0.3) is 32.0 Å². The number of aryl methyl sites for hydroxylation is 2. The summed E-state index contributed by atoms with van der Waals surface area (Å²) in [5.74, 6) is 0.745. The van der Waals surface area contributed by atoms with Crippen LogP contribution in [0.3, 0.4) is 0 Å². The van der Waals surface area contributed by atoms with Crippen LogP contribution in [-0.4, -0.2) is 24.9 Å². The van der Waals surface area contributed by atoms with Gasteiger partial charge in [0.15, 0.2) is 0 Å². The van der Waals surface area contributed by atoms with Crippen molar-refractivity contribution < 1.29 is 9.59 Å². The zero-order valence-electron chi connectivity index (χ0n) is 29.5. The van der Waals surface area contributed by atoms with Crippen molar-refractivity contribution in [2.45, 2.75) is 92.9 Å². The first kappa shape index (κ1) is 34.4. The van der Waals surface area contributed by atoms with Gasteiger partial charge in [0, 0.05) is 34.0 Å². The summed E-state index contributed by atoms with van der Waals surface area (Å²) in [6, 6.07) is 17.3. The molecule has 2 aliphatic heterocycles. The number of anilines is 2. The molecule has 2 aromatic carbocycles. The van der Waals surface area contributed by atoms with Crippen molar-refractivity contribution in [3.8, 4) is 20.9 Å². The smallest absolute Gasteiger partial charge is 0.259 e. The zero-order chi connectivity index (χ0) is 33.9. The number of rotatable bonds is 14. The molecule has 0 radical (unpaired) electrons. The van der Waals surface area contributed by atoms with Gasteiger partial charge in [-0.1, -0.05) is 78.4 Å². The van der Waals surface area contributed by atoms with E-state index in [1.807, 2.05) is 9.80 Å². The number of carbonyl (C=O) groups is 2. The lowest BCUT2D eigenvalue weighted by Crippen LogP contribution is -2.34. The van der Waals surface area contributed by atoms with Gasteiger partial charge in [-0.25, -0.2) is 0 Å². The highest BCUT2D eigenvalue weighted by Crippen LogP contribution is 2.49. The zero-order valence-corrected chi connectivity index (χ0v) is 31.2. The molecule has 6 rings (SSSR count). The average Bonchev–Trinajstić information content (AvgIpc) is 3.85. The molecule has 4 aromatic rings. The van der Waals surface area contributed by atoms with E-state index in [-0.39, 0.29) is 11.8 Å². The first-order chi connectivity index (χ1) is 23.3. The summed E-state index contributed by atoms with van der Waals surface area (Å²) >= 11 is 3.45. The Labute approximate surface area is 295 Å². The van der Waals surface area contributed by atoms with Gasteiger partial charge < -0.3 is 9.80 Å². The number of benzene rings is 2. The Morgan fingerprint density at radius 3 is 1.35 bits per heavy atom. The number of thiophene rings is 2. The molecule has 0 spiro atoms. The molecule has 4 nitrogen and oxygen atoms in total. The maximum absolute atomic E-state index is 14.9. The third-order valence-corrected chi connectivity index (χ3v) is 12.5. The van der Waals surface area contributed by atoms with Crippen LogP contribution in [0.1, 0.15) is 101 Å². The molecule has 6 heteroatoms. The van der Waals surface area contributed by atoms with Gasteiger partial charge in [0.2, 0.25) is 0 Å². The predicted molar refractivity (Wildman–Crippen MR) is 207 cm³/mol. The Bertz CT molecular complexity index is 1700. The maximum Gasteiger partial charge on any atom is 0.259 e. The highest BCUT2D eigenvalue weighted by molar-refractivity contribution is 7.14. The molecule has 2 unspecified atom stereocenters. The fourth-order valence-corrected chi connectivity index (χ4v) is 9.13. The normalized spacial score (nSPS) is 17.0. The van der Waals surface area contributed by atoms with Crippen LogP contribution in [0.15, 0.2) is 59.3 Å². The van der Waals surface area contributed by atoms with E-state index in [2.05, 4.69) is 101 Å². The van der Waals surface area contributed by atoms with Gasteiger partial charge >= 0.3 is 0 Å². The number of hydrogen-bond acceptors (Lipinski definition) is 4. The number of amides is 2. The number of fused-ring (bicyclic) bond motifs is 2. The average molecular weight is 679 g/mol. The predicted octanol–water partition coefficient (Wildman–Crippen LogP) is 11.8. The number of unbranched alkanes of at least 4 members (excludes halogenated alkanes) is 2. The SMILES string of the molecule is CCCCC(CC)CN1C(=O)/C(=C2/C(=O)N(CC(CC)CCCC)c3ccc(-c4cc(C)cs4)cc32)c2cc(-c3cc(C)cs3)ccc21. The van der Waals surface area contributed by atoms with E-state index in [0.29, 0.717) is 36.1 Å². The Kier molecular flexibility index (Phi) is 10.7. The molecule has 0 saturated heterocycles. The summed E-state index contributed by atoms with van der Waals surface area (Å²) in [5, 5.41) is 4.34. The summed E-state index contributed by atoms with van der Waals surface area (Å²) in [5.41, 5.74) is 9.43. The van der Waals surface area contributed by atoms with Crippen LogP contribution in [0.5, 0.6) is 0 Å². The molecule has 2 aliphatic rings. The number of carbonyl (C=O) groups excluding carboxylic acids is 2. The molecule has 0 saturated carbocycles. The Hall–Kier alpha value is -3.48. The van der Waals surface area contributed by atoms with Crippen molar-refractivity contribution in [3.05, 3.63) is 81.5 Å². The first-order valence-corrected chi connectivity index (χ1v) is 19.8. The Morgan fingerprint density at radius 2 is 1.02 bits per heavy atom. The molecule has 2 aromatic heterocycles. The molecule has 2 atom stereocenters. The third-order valence-electron chi connectivity index (χ3n) is 10.3. The minimum absolute atomic E-state index is 0.0361. The maximum atomic E-state index is 14.9. The minimum atomic E-state index is -0.0361. The van der Waals surface area contributed by atoms with Crippen molar-refractivity contribution in [2.75, 3.05) is 22.9 Å². The molecular formula is C42H50N2O2S2. The van der Waals surface area contributed by atoms with Crippen LogP contribution in [-0.2, 0) is 9.59 Å². The van der Waals surface area contributed by atoms with E-state index >= 15 is 0 Å². The highest BCUT2D eigenvalue weighted by Gasteiger charge is 2.43. The van der Waals surface area contributed by atoms with E-state index in [0.717, 1.165) is 85.0 Å². The van der Waals surface area contributed by atoms with E-state index in [9.17, 15) is 9.59 Å². The van der Waals surface area contributed by atoms with Gasteiger partial charge in [-0.2, -0.15) is 0 Å². The van der Waals surface area contributed by atoms with Crippen LogP contribution in [0.4, 0.5) is 11.4 Å². The van der Waals surface area contributed by atoms with Crippen molar-refractivity contribution in [1.29, 1.82) is 0 Å². The van der Waals surface area contributed by atoms with Gasteiger partial charge in [0.1, 0.15) is 0 Å². The van der Waals surface area contributed by atoms with Crippen molar-refractivity contribution in [3.63, 3.8) is 0 Å². The fraction of sp³-hybridized carbons (Fsp3) is 0.429. The van der Waals surface area contributed by atoms with E-state index in [1.165, 1.54) is 20.9 Å². The van der Waals surface area contributed by atoms with Crippen molar-refractivity contribution >= 4 is 57.0 Å². The summed E-state index contributed by atoms with van der Waals surface area (Å²) in [7, 11) is 0. The standard InChI is InChI=1S/C42H50N2O2S2/c1-7-11-13-29(9-3)23-43-35-17-15-31(37-19-27(5)25-47-37)21-33(35)39(41(43)45)40-34-22-32(38-20-28(6)26-48-38)16-18-36(34)44(42(40)46)24-30(10-4)14-12-8-2/h15-22,25-26,29-30H,7-14,23-24H2,1-6H3/b40-39+. The molecule has 0 fully saturated rings. The van der Waals surface area contributed by atoms with E-state index in [4.69, 9.17) is 0 Å². The van der Waals surface area contributed by atoms with Crippen LogP contribution in [0, 0.1) is 25.7 Å². The summed E-state index contributed by atoms with van der Waals surface area (Å²) in [6.45, 7) is 14.5. The molecule has 4 heterocycles. The highest BCUT2D eigenvalue weighted by atomic mass is 32.1. The molecular weight excluding hydrogens is 629 g/mol. The second-order valence-corrected chi connectivity index (χ2v) is 15.7. The lowest BCUT2D eigenvalue weighted by atomic mass is 9.94. The number of nitrogens with zero attached hydrogens (tertiary/aromatic N) is 2. The minimum Gasteiger partial charge on any atom is -0.307 e. The molecule has 0 aliphatic carbocycles. The molecule has 0 bridgehead atoms. The van der Waals surface area contributed by atoms with Crippen LogP contribution >= 0.6 is 22.7 Å². The Balaban J connectivity index is 1.54. The summed E-state index contributed by atoms with van der Waals surface area (Å²) < 4.78 is 0. The van der Waals surface area contributed by atoms with Crippen molar-refractivity contribution in [2.24, 2.45) is 11.8 Å². The lowest BCUT2D eigenvalue weighted by molar-refractivity contribution is -0.114. The summed E-state index contributed by atoms with van der Waals surface area (Å²) in [4.78, 5) is 36.1. The monoisotopic (exact) mass is 678 g/mol. The van der Waals surface area contributed by atoms with Gasteiger partial charge in [0.25, 0.3) is 11.8 Å². The van der Waals surface area contributed by atoms with Gasteiger partial charge in [-0.05, 0) is 108 Å². The topological polar surface area (TPSA) is 40.6 Å². The molecule has 48 heavy (non-hydrogen) atoms. The second-order valence-electron chi connectivity index (χ2n) is 13.9. The largest absolute Gasteiger partial charge is 0.307 e. The quantitative estimate of drug-likeness (QED) is 0.125. The molecule has 0 N–H and O–H groups in total.